The van der Waals surface area contributed by atoms with Crippen LogP contribution >= 0.6 is 0 Å². The summed E-state index contributed by atoms with van der Waals surface area (Å²) in [7, 11) is 0. The molecule has 2 heterocycles. The molecule has 0 bridgehead atoms. The molecule has 3 heteroatoms. The van der Waals surface area contributed by atoms with Crippen molar-refractivity contribution in [3.8, 4) is 0 Å². The van der Waals surface area contributed by atoms with Gasteiger partial charge < -0.3 is 10.2 Å². The van der Waals surface area contributed by atoms with Crippen molar-refractivity contribution < 1.29 is 0 Å². The predicted molar refractivity (Wildman–Crippen MR) is 78.3 cm³/mol. The molecule has 19 heavy (non-hydrogen) atoms. The number of aromatic nitrogens is 1. The number of hydrogen-bond acceptors (Lipinski definition) is 3. The second kappa shape index (κ2) is 5.85. The number of fused-ring (bicyclic) bond motifs is 1. The lowest BCUT2D eigenvalue weighted by Gasteiger charge is -2.19. The van der Waals surface area contributed by atoms with Crippen LogP contribution in [0.2, 0.25) is 0 Å². The molecule has 0 atom stereocenters. The van der Waals surface area contributed by atoms with Gasteiger partial charge >= 0.3 is 0 Å². The third-order valence-electron chi connectivity index (χ3n) is 3.57. The second-order valence-corrected chi connectivity index (χ2v) is 4.86. The van der Waals surface area contributed by atoms with Gasteiger partial charge in [0.15, 0.2) is 0 Å². The normalized spacial score (nSPS) is 13.6. The monoisotopic (exact) mass is 253 g/mol. The maximum absolute atomic E-state index is 4.31. The van der Waals surface area contributed by atoms with Gasteiger partial charge in [-0.2, -0.15) is 0 Å². The highest BCUT2D eigenvalue weighted by Crippen LogP contribution is 2.26. The molecule has 0 spiro atoms. The highest BCUT2D eigenvalue weighted by Gasteiger charge is 2.17. The zero-order chi connectivity index (χ0) is 12.9. The van der Waals surface area contributed by atoms with E-state index in [4.69, 9.17) is 0 Å². The van der Waals surface area contributed by atoms with E-state index in [0.29, 0.717) is 0 Å². The van der Waals surface area contributed by atoms with Crippen LogP contribution in [0.4, 0.5) is 5.69 Å². The molecular formula is C16H19N3. The Balaban J connectivity index is 1.47. The molecule has 0 aliphatic carbocycles. The molecule has 0 amide bonds. The summed E-state index contributed by atoms with van der Waals surface area (Å²) in [6, 6.07) is 14.7. The summed E-state index contributed by atoms with van der Waals surface area (Å²) in [4.78, 5) is 6.77. The van der Waals surface area contributed by atoms with Crippen LogP contribution in [0.1, 0.15) is 11.3 Å². The minimum atomic E-state index is 0.844. The van der Waals surface area contributed by atoms with Gasteiger partial charge in [-0.1, -0.05) is 24.3 Å². The summed E-state index contributed by atoms with van der Waals surface area (Å²) >= 11 is 0. The molecule has 98 valence electrons. The van der Waals surface area contributed by atoms with Gasteiger partial charge in [-0.15, -0.1) is 0 Å². The standard InChI is InChI=1S/C16H19N3/c1-2-7-16-14(5-1)8-11-19(16)12-10-17-13-15-6-3-4-9-18-15/h1-7,9,17H,8,10-13H2. The van der Waals surface area contributed by atoms with E-state index in [1.165, 1.54) is 17.7 Å². The molecule has 1 aliphatic rings. The molecule has 0 unspecified atom stereocenters. The summed E-state index contributed by atoms with van der Waals surface area (Å²) in [5, 5.41) is 3.46. The van der Waals surface area contributed by atoms with Crippen LogP contribution in [0, 0.1) is 0 Å². The van der Waals surface area contributed by atoms with Crippen molar-refractivity contribution in [2.45, 2.75) is 13.0 Å². The molecule has 3 rings (SSSR count). The van der Waals surface area contributed by atoms with E-state index >= 15 is 0 Å². The Bertz CT molecular complexity index is 525. The fourth-order valence-electron chi connectivity index (χ4n) is 2.57. The smallest absolute Gasteiger partial charge is 0.0541 e. The molecular weight excluding hydrogens is 234 g/mol. The van der Waals surface area contributed by atoms with E-state index in [1.54, 1.807) is 0 Å². The number of nitrogens with zero attached hydrogens (tertiary/aromatic N) is 2. The van der Waals surface area contributed by atoms with Crippen molar-refractivity contribution >= 4 is 5.69 Å². The van der Waals surface area contributed by atoms with Gasteiger partial charge in [-0.05, 0) is 30.2 Å². The molecule has 1 aromatic heterocycles. The average Bonchev–Trinajstić information content (AvgIpc) is 2.88. The fraction of sp³-hybridized carbons (Fsp3) is 0.312. The molecule has 0 radical (unpaired) electrons. The molecule has 1 aromatic carbocycles. The van der Waals surface area contributed by atoms with Gasteiger partial charge in [-0.3, -0.25) is 4.98 Å². The summed E-state index contributed by atoms with van der Waals surface area (Å²) in [5.74, 6) is 0. The first kappa shape index (κ1) is 12.2. The summed E-state index contributed by atoms with van der Waals surface area (Å²) in [5.41, 5.74) is 3.98. The van der Waals surface area contributed by atoms with Gasteiger partial charge in [0.05, 0.1) is 5.69 Å². The highest BCUT2D eigenvalue weighted by atomic mass is 15.2. The quantitative estimate of drug-likeness (QED) is 0.828. The number of hydrogen-bond donors (Lipinski definition) is 1. The van der Waals surface area contributed by atoms with Crippen molar-refractivity contribution in [2.75, 3.05) is 24.5 Å². The lowest BCUT2D eigenvalue weighted by molar-refractivity contribution is 0.658. The highest BCUT2D eigenvalue weighted by molar-refractivity contribution is 5.57. The number of para-hydroxylation sites is 1. The van der Waals surface area contributed by atoms with Crippen LogP contribution in [0.5, 0.6) is 0 Å². The first-order valence-corrected chi connectivity index (χ1v) is 6.87. The first-order chi connectivity index (χ1) is 9.43. The molecule has 3 nitrogen and oxygen atoms in total. The zero-order valence-electron chi connectivity index (χ0n) is 11.0. The van der Waals surface area contributed by atoms with Gasteiger partial charge in [0.25, 0.3) is 0 Å². The van der Waals surface area contributed by atoms with Crippen LogP contribution in [0.3, 0.4) is 0 Å². The Morgan fingerprint density at radius 2 is 2.00 bits per heavy atom. The van der Waals surface area contributed by atoms with E-state index < -0.39 is 0 Å². The molecule has 2 aromatic rings. The molecule has 0 saturated heterocycles. The van der Waals surface area contributed by atoms with E-state index in [-0.39, 0.29) is 0 Å². The largest absolute Gasteiger partial charge is 0.370 e. The summed E-state index contributed by atoms with van der Waals surface area (Å²) in [6.07, 6.45) is 3.02. The topological polar surface area (TPSA) is 28.2 Å². The predicted octanol–water partition coefficient (Wildman–Crippen LogP) is 2.23. The Morgan fingerprint density at radius 3 is 2.89 bits per heavy atom. The maximum Gasteiger partial charge on any atom is 0.0541 e. The van der Waals surface area contributed by atoms with Crippen molar-refractivity contribution in [1.82, 2.24) is 10.3 Å². The summed E-state index contributed by atoms with van der Waals surface area (Å²) < 4.78 is 0. The molecule has 0 fully saturated rings. The lowest BCUT2D eigenvalue weighted by atomic mass is 10.2. The van der Waals surface area contributed by atoms with Crippen molar-refractivity contribution in [3.05, 3.63) is 59.9 Å². The number of anilines is 1. The van der Waals surface area contributed by atoms with Crippen LogP contribution < -0.4 is 10.2 Å². The van der Waals surface area contributed by atoms with E-state index in [9.17, 15) is 0 Å². The first-order valence-electron chi connectivity index (χ1n) is 6.87. The van der Waals surface area contributed by atoms with E-state index in [1.807, 2.05) is 18.3 Å². The van der Waals surface area contributed by atoms with Crippen molar-refractivity contribution in [3.63, 3.8) is 0 Å². The Morgan fingerprint density at radius 1 is 1.11 bits per heavy atom. The van der Waals surface area contributed by atoms with Crippen LogP contribution in [0.15, 0.2) is 48.7 Å². The van der Waals surface area contributed by atoms with E-state index in [0.717, 1.165) is 31.9 Å². The minimum Gasteiger partial charge on any atom is -0.370 e. The SMILES string of the molecule is c1ccc(CNCCN2CCc3ccccc32)nc1. The van der Waals surface area contributed by atoms with Gasteiger partial charge in [-0.25, -0.2) is 0 Å². The average molecular weight is 253 g/mol. The van der Waals surface area contributed by atoms with Crippen LogP contribution in [-0.4, -0.2) is 24.6 Å². The minimum absolute atomic E-state index is 0.844. The number of nitrogens with one attached hydrogen (secondary N) is 1. The van der Waals surface area contributed by atoms with Crippen molar-refractivity contribution in [1.29, 1.82) is 0 Å². The Labute approximate surface area is 114 Å². The fourth-order valence-corrected chi connectivity index (χ4v) is 2.57. The third kappa shape index (κ3) is 2.93. The van der Waals surface area contributed by atoms with Crippen molar-refractivity contribution in [2.24, 2.45) is 0 Å². The maximum atomic E-state index is 4.31. The second-order valence-electron chi connectivity index (χ2n) is 4.86. The summed E-state index contributed by atoms with van der Waals surface area (Å²) in [6.45, 7) is 4.04. The van der Waals surface area contributed by atoms with Crippen LogP contribution in [-0.2, 0) is 13.0 Å². The number of benzene rings is 1. The van der Waals surface area contributed by atoms with Gasteiger partial charge in [0, 0.05) is 38.1 Å². The van der Waals surface area contributed by atoms with E-state index in [2.05, 4.69) is 45.5 Å². The lowest BCUT2D eigenvalue weighted by Crippen LogP contribution is -2.30. The molecule has 0 saturated carbocycles. The number of pyridine rings is 1. The Kier molecular flexibility index (Phi) is 3.75. The number of rotatable bonds is 5. The molecule has 1 N–H and O–H groups in total. The van der Waals surface area contributed by atoms with Crippen LogP contribution in [0.25, 0.3) is 0 Å². The zero-order valence-corrected chi connectivity index (χ0v) is 11.0. The van der Waals surface area contributed by atoms with Gasteiger partial charge in [0.1, 0.15) is 0 Å². The third-order valence-corrected chi connectivity index (χ3v) is 3.57. The Hall–Kier alpha value is -1.87. The molecule has 1 aliphatic heterocycles. The van der Waals surface area contributed by atoms with Gasteiger partial charge in [0.2, 0.25) is 0 Å².